The highest BCUT2D eigenvalue weighted by Crippen LogP contribution is 2.38. The van der Waals surface area contributed by atoms with Gasteiger partial charge in [0.05, 0.1) is 20.3 Å². The Balaban J connectivity index is 1.52. The number of imidazole rings is 1. The first kappa shape index (κ1) is 26.8. The number of anilines is 1. The molecule has 9 nitrogen and oxygen atoms in total. The fourth-order valence-electron chi connectivity index (χ4n) is 5.08. The van der Waals surface area contributed by atoms with Gasteiger partial charge in [0.25, 0.3) is 0 Å². The number of benzene rings is 2. The van der Waals surface area contributed by atoms with E-state index in [9.17, 15) is 4.79 Å². The molecule has 1 fully saturated rings. The first-order valence-electron chi connectivity index (χ1n) is 13.0. The van der Waals surface area contributed by atoms with E-state index < -0.39 is 11.4 Å². The number of fused-ring (bicyclic) bond motifs is 1. The molecule has 3 aliphatic heterocycles. The number of pyridine rings is 1. The second-order valence-corrected chi connectivity index (χ2v) is 10.7. The van der Waals surface area contributed by atoms with Gasteiger partial charge in [-0.05, 0) is 66.4 Å². The van der Waals surface area contributed by atoms with Crippen molar-refractivity contribution < 1.29 is 14.3 Å². The summed E-state index contributed by atoms with van der Waals surface area (Å²) >= 11 is 1.51. The summed E-state index contributed by atoms with van der Waals surface area (Å²) in [5.41, 5.74) is 9.62. The van der Waals surface area contributed by atoms with Crippen LogP contribution in [-0.2, 0) is 16.1 Å². The van der Waals surface area contributed by atoms with Gasteiger partial charge in [0.15, 0.2) is 11.0 Å². The smallest absolute Gasteiger partial charge is 0.248 e. The van der Waals surface area contributed by atoms with E-state index in [1.165, 1.54) is 11.8 Å². The van der Waals surface area contributed by atoms with Gasteiger partial charge >= 0.3 is 0 Å². The second-order valence-electron chi connectivity index (χ2n) is 9.71. The lowest BCUT2D eigenvalue weighted by molar-refractivity contribution is -0.124. The Labute approximate surface area is 232 Å². The highest BCUT2D eigenvalue weighted by Gasteiger charge is 2.42. The number of methoxy groups -OCH3 is 2. The SMILES string of the molecule is CCC(C(N)=O)(c1cc(NC2CNC2)ccc1C)n1cccc2nc(SCc3cc(OC)cc(OC)c3)nc1-2. The summed E-state index contributed by atoms with van der Waals surface area (Å²) < 4.78 is 12.7. The van der Waals surface area contributed by atoms with Crippen LogP contribution >= 0.6 is 11.8 Å². The number of hydrogen-bond donors (Lipinski definition) is 3. The summed E-state index contributed by atoms with van der Waals surface area (Å²) in [6.07, 6.45) is 2.34. The lowest BCUT2D eigenvalue weighted by atomic mass is 9.82. The molecule has 3 aliphatic rings. The zero-order valence-corrected chi connectivity index (χ0v) is 23.5. The highest BCUT2D eigenvalue weighted by atomic mass is 32.2. The lowest BCUT2D eigenvalue weighted by Crippen LogP contribution is -2.51. The topological polar surface area (TPSA) is 116 Å². The number of ether oxygens (including phenoxy) is 2. The fourth-order valence-corrected chi connectivity index (χ4v) is 5.85. The number of rotatable bonds is 11. The minimum absolute atomic E-state index is 0.367. The molecule has 39 heavy (non-hydrogen) atoms. The standard InChI is InChI=1S/C29H34N6O3S/c1-5-29(27(30)36,24-13-20(9-8-18(24)2)32-21-15-31-16-21)35-10-6-7-25-26(35)34-28(33-25)39-17-19-11-22(37-3)14-23(12-19)38-4/h6-14,21,31-32H,5,15-17H2,1-4H3,(H2,30,36). The number of carbonyl (C=O) groups excluding carboxylic acids is 1. The Hall–Kier alpha value is -3.76. The largest absolute Gasteiger partial charge is 0.497 e. The number of nitrogens with two attached hydrogens (primary N) is 1. The molecule has 1 atom stereocenters. The van der Waals surface area contributed by atoms with E-state index in [1.54, 1.807) is 14.2 Å². The number of amides is 1. The van der Waals surface area contributed by atoms with Gasteiger partial charge in [0.2, 0.25) is 5.91 Å². The number of primary amides is 1. The summed E-state index contributed by atoms with van der Waals surface area (Å²) in [5, 5.41) is 7.44. The first-order valence-corrected chi connectivity index (χ1v) is 13.9. The lowest BCUT2D eigenvalue weighted by Gasteiger charge is -2.36. The molecule has 1 unspecified atom stereocenters. The van der Waals surface area contributed by atoms with E-state index in [0.717, 1.165) is 47.0 Å². The van der Waals surface area contributed by atoms with Gasteiger partial charge in [0.1, 0.15) is 22.7 Å². The molecule has 10 heteroatoms. The molecule has 0 aliphatic carbocycles. The van der Waals surface area contributed by atoms with Crippen LogP contribution in [0, 0.1) is 6.92 Å². The van der Waals surface area contributed by atoms with E-state index in [4.69, 9.17) is 25.2 Å². The molecule has 1 saturated heterocycles. The molecule has 0 radical (unpaired) electrons. The molecular weight excluding hydrogens is 512 g/mol. The molecule has 2 aromatic carbocycles. The van der Waals surface area contributed by atoms with E-state index in [1.807, 2.05) is 61.0 Å². The molecule has 5 rings (SSSR count). The van der Waals surface area contributed by atoms with Gasteiger partial charge < -0.3 is 30.4 Å². The van der Waals surface area contributed by atoms with Gasteiger partial charge in [-0.3, -0.25) is 4.79 Å². The maximum absolute atomic E-state index is 13.4. The normalized spacial score (nSPS) is 15.0. The molecule has 0 spiro atoms. The molecule has 2 aromatic rings. The van der Waals surface area contributed by atoms with Crippen LogP contribution in [0.4, 0.5) is 5.69 Å². The van der Waals surface area contributed by atoms with Crippen LogP contribution in [0.5, 0.6) is 11.5 Å². The Bertz CT molecular complexity index is 1430. The third-order valence-electron chi connectivity index (χ3n) is 7.31. The van der Waals surface area contributed by atoms with Crippen molar-refractivity contribution in [2.45, 2.75) is 42.8 Å². The summed E-state index contributed by atoms with van der Waals surface area (Å²) in [6.45, 7) is 5.82. The van der Waals surface area contributed by atoms with Crippen LogP contribution in [-0.4, -0.2) is 53.8 Å². The summed E-state index contributed by atoms with van der Waals surface area (Å²) in [4.78, 5) is 23.0. The van der Waals surface area contributed by atoms with Crippen molar-refractivity contribution in [3.63, 3.8) is 0 Å². The van der Waals surface area contributed by atoms with E-state index in [2.05, 4.69) is 22.8 Å². The van der Waals surface area contributed by atoms with Crippen LogP contribution < -0.4 is 25.8 Å². The summed E-state index contributed by atoms with van der Waals surface area (Å²) in [6, 6.07) is 16.1. The molecule has 204 valence electrons. The Kier molecular flexibility index (Phi) is 7.67. The fraction of sp³-hybridized carbons (Fsp3) is 0.345. The maximum atomic E-state index is 13.4. The Morgan fingerprint density at radius 3 is 2.51 bits per heavy atom. The number of aryl methyl sites for hydroxylation is 1. The quantitative estimate of drug-likeness (QED) is 0.242. The first-order chi connectivity index (χ1) is 18.9. The van der Waals surface area contributed by atoms with Crippen molar-refractivity contribution in [3.8, 4) is 23.0 Å². The van der Waals surface area contributed by atoms with Gasteiger partial charge in [-0.2, -0.15) is 0 Å². The molecule has 0 aromatic heterocycles. The van der Waals surface area contributed by atoms with Crippen molar-refractivity contribution in [3.05, 3.63) is 71.4 Å². The predicted octanol–water partition coefficient (Wildman–Crippen LogP) is 4.02. The number of thioether (sulfide) groups is 1. The van der Waals surface area contributed by atoms with Crippen molar-refractivity contribution in [1.29, 1.82) is 0 Å². The average Bonchev–Trinajstić information content (AvgIpc) is 3.35. The predicted molar refractivity (Wildman–Crippen MR) is 154 cm³/mol. The number of nitrogens with zero attached hydrogens (tertiary/aromatic N) is 3. The van der Waals surface area contributed by atoms with Crippen molar-refractivity contribution in [2.24, 2.45) is 5.73 Å². The van der Waals surface area contributed by atoms with Gasteiger partial charge in [-0.25, -0.2) is 9.97 Å². The van der Waals surface area contributed by atoms with Crippen molar-refractivity contribution in [2.75, 3.05) is 32.6 Å². The number of carbonyl (C=O) groups is 1. The zero-order chi connectivity index (χ0) is 27.6. The van der Waals surface area contributed by atoms with Crippen LogP contribution in [0.1, 0.15) is 30.0 Å². The average molecular weight is 547 g/mol. The number of nitrogens with one attached hydrogen (secondary N) is 2. The third-order valence-corrected chi connectivity index (χ3v) is 8.23. The highest BCUT2D eigenvalue weighted by molar-refractivity contribution is 7.98. The molecule has 0 bridgehead atoms. The summed E-state index contributed by atoms with van der Waals surface area (Å²) in [5.74, 6) is 2.26. The second kappa shape index (κ2) is 11.2. The third kappa shape index (κ3) is 5.14. The van der Waals surface area contributed by atoms with E-state index in [-0.39, 0.29) is 0 Å². The van der Waals surface area contributed by atoms with Crippen LogP contribution in [0.15, 0.2) is 59.9 Å². The van der Waals surface area contributed by atoms with Gasteiger partial charge in [0, 0.05) is 36.8 Å². The number of aromatic nitrogens is 3. The zero-order valence-electron chi connectivity index (χ0n) is 22.7. The number of hydrogen-bond acceptors (Lipinski definition) is 8. The summed E-state index contributed by atoms with van der Waals surface area (Å²) in [7, 11) is 3.27. The minimum atomic E-state index is -1.13. The van der Waals surface area contributed by atoms with Crippen LogP contribution in [0.25, 0.3) is 11.5 Å². The van der Waals surface area contributed by atoms with Crippen molar-refractivity contribution >= 4 is 23.4 Å². The minimum Gasteiger partial charge on any atom is -0.497 e. The Morgan fingerprint density at radius 1 is 1.15 bits per heavy atom. The molecular formula is C29H34N6O3S. The van der Waals surface area contributed by atoms with Gasteiger partial charge in [-0.15, -0.1) is 0 Å². The molecule has 3 heterocycles. The Morgan fingerprint density at radius 2 is 1.90 bits per heavy atom. The van der Waals surface area contributed by atoms with Gasteiger partial charge in [-0.1, -0.05) is 24.8 Å². The van der Waals surface area contributed by atoms with E-state index in [0.29, 0.717) is 34.9 Å². The van der Waals surface area contributed by atoms with E-state index >= 15 is 0 Å². The van der Waals surface area contributed by atoms with Crippen LogP contribution in [0.2, 0.25) is 0 Å². The molecule has 1 amide bonds. The maximum Gasteiger partial charge on any atom is 0.248 e. The van der Waals surface area contributed by atoms with Crippen molar-refractivity contribution in [1.82, 2.24) is 19.9 Å². The molecule has 4 N–H and O–H groups in total. The molecule has 0 saturated carbocycles. The van der Waals surface area contributed by atoms with Crippen LogP contribution in [0.3, 0.4) is 0 Å². The monoisotopic (exact) mass is 546 g/mol.